The molecule has 0 spiro atoms. The molecule has 0 radical (unpaired) electrons. The van der Waals surface area contributed by atoms with Gasteiger partial charge in [-0.05, 0) is 42.0 Å². The summed E-state index contributed by atoms with van der Waals surface area (Å²) in [6.07, 6.45) is 2.33. The van der Waals surface area contributed by atoms with Crippen LogP contribution < -0.4 is 5.32 Å². The lowest BCUT2D eigenvalue weighted by atomic mass is 9.96. The summed E-state index contributed by atoms with van der Waals surface area (Å²) in [4.78, 5) is 34.0. The first kappa shape index (κ1) is 19.0. The van der Waals surface area contributed by atoms with E-state index in [1.165, 1.54) is 7.11 Å². The number of esters is 1. The number of carbonyl (C=O) groups excluding carboxylic acids is 2. The molecule has 8 heteroatoms. The number of benzene rings is 2. The van der Waals surface area contributed by atoms with Crippen molar-refractivity contribution in [1.29, 1.82) is 0 Å². The summed E-state index contributed by atoms with van der Waals surface area (Å²) in [6.45, 7) is 0.526. The maximum atomic E-state index is 13.1. The molecule has 1 aliphatic rings. The maximum absolute atomic E-state index is 13.1. The van der Waals surface area contributed by atoms with Crippen LogP contribution in [0.25, 0.3) is 0 Å². The Kier molecular flexibility index (Phi) is 5.22. The van der Waals surface area contributed by atoms with Crippen LogP contribution >= 0.6 is 11.6 Å². The molecular weight excluding hydrogens is 392 g/mol. The minimum absolute atomic E-state index is 0.255. The van der Waals surface area contributed by atoms with Crippen molar-refractivity contribution in [2.24, 2.45) is 0 Å². The average molecular weight is 411 g/mol. The Morgan fingerprint density at radius 1 is 1.24 bits per heavy atom. The Morgan fingerprint density at radius 2 is 2.03 bits per heavy atom. The van der Waals surface area contributed by atoms with Crippen LogP contribution in [0.3, 0.4) is 0 Å². The van der Waals surface area contributed by atoms with Crippen molar-refractivity contribution in [3.05, 3.63) is 82.4 Å². The van der Waals surface area contributed by atoms with E-state index in [2.05, 4.69) is 15.3 Å². The van der Waals surface area contributed by atoms with E-state index in [1.807, 2.05) is 18.2 Å². The van der Waals surface area contributed by atoms with Crippen molar-refractivity contribution >= 4 is 29.3 Å². The molecule has 0 aliphatic carbocycles. The molecule has 3 aromatic rings. The molecule has 0 saturated carbocycles. The summed E-state index contributed by atoms with van der Waals surface area (Å²) in [7, 11) is 1.33. The topological polar surface area (TPSA) is 87.3 Å². The number of ether oxygens (including phenoxy) is 1. The molecular formula is C21H19ClN4O3. The zero-order chi connectivity index (χ0) is 20.4. The molecule has 29 heavy (non-hydrogen) atoms. The molecule has 148 valence electrons. The quantitative estimate of drug-likeness (QED) is 0.638. The normalized spacial score (nSPS) is 15.5. The number of nitrogens with one attached hydrogen (secondary N) is 2. The number of anilines is 1. The van der Waals surface area contributed by atoms with Crippen LogP contribution in [0.2, 0.25) is 5.02 Å². The Morgan fingerprint density at radius 3 is 2.76 bits per heavy atom. The second-order valence-electron chi connectivity index (χ2n) is 6.67. The van der Waals surface area contributed by atoms with E-state index >= 15 is 0 Å². The van der Waals surface area contributed by atoms with Crippen molar-refractivity contribution in [2.75, 3.05) is 19.0 Å². The SMILES string of the molecule is COC(=O)c1ccc(NC(=O)N2CCc3[nH]cnc3C2c2cccc(Cl)c2)cc1. The van der Waals surface area contributed by atoms with Crippen LogP contribution in [0, 0.1) is 0 Å². The molecule has 2 N–H and O–H groups in total. The second-order valence-corrected chi connectivity index (χ2v) is 7.10. The zero-order valence-electron chi connectivity index (χ0n) is 15.7. The van der Waals surface area contributed by atoms with Gasteiger partial charge in [-0.15, -0.1) is 0 Å². The highest BCUT2D eigenvalue weighted by molar-refractivity contribution is 6.30. The number of H-pyrrole nitrogens is 1. The predicted molar refractivity (Wildman–Crippen MR) is 109 cm³/mol. The second kappa shape index (κ2) is 7.97. The number of carbonyl (C=O) groups is 2. The first-order valence-electron chi connectivity index (χ1n) is 9.10. The number of nitrogens with zero attached hydrogens (tertiary/aromatic N) is 2. The Labute approximate surface area is 172 Å². The molecule has 2 amide bonds. The van der Waals surface area contributed by atoms with E-state index < -0.39 is 5.97 Å². The number of hydrogen-bond donors (Lipinski definition) is 2. The van der Waals surface area contributed by atoms with Crippen LogP contribution in [0.4, 0.5) is 10.5 Å². The first-order chi connectivity index (χ1) is 14.1. The van der Waals surface area contributed by atoms with Crippen molar-refractivity contribution in [3.8, 4) is 0 Å². The number of methoxy groups -OCH3 is 1. The van der Waals surface area contributed by atoms with Gasteiger partial charge in [0.1, 0.15) is 6.04 Å². The first-order valence-corrected chi connectivity index (χ1v) is 9.48. The van der Waals surface area contributed by atoms with Crippen LogP contribution in [0.5, 0.6) is 0 Å². The number of imidazole rings is 1. The molecule has 7 nitrogen and oxygen atoms in total. The lowest BCUT2D eigenvalue weighted by Gasteiger charge is -2.35. The van der Waals surface area contributed by atoms with Crippen LogP contribution in [0.15, 0.2) is 54.9 Å². The number of fused-ring (bicyclic) bond motifs is 1. The number of aromatic amines is 1. The number of aromatic nitrogens is 2. The van der Waals surface area contributed by atoms with Crippen molar-refractivity contribution < 1.29 is 14.3 Å². The van der Waals surface area contributed by atoms with Crippen LogP contribution in [-0.4, -0.2) is 40.5 Å². The van der Waals surface area contributed by atoms with Crippen LogP contribution in [0.1, 0.15) is 33.4 Å². The van der Waals surface area contributed by atoms with Crippen LogP contribution in [-0.2, 0) is 11.2 Å². The Balaban J connectivity index is 1.60. The van der Waals surface area contributed by atoms with Gasteiger partial charge in [-0.25, -0.2) is 14.6 Å². The molecule has 1 aliphatic heterocycles. The third-order valence-electron chi connectivity index (χ3n) is 4.91. The number of urea groups is 1. The van der Waals surface area contributed by atoms with E-state index in [9.17, 15) is 9.59 Å². The highest BCUT2D eigenvalue weighted by Crippen LogP contribution is 2.34. The fourth-order valence-electron chi connectivity index (χ4n) is 3.51. The van der Waals surface area contributed by atoms with Crippen molar-refractivity contribution in [2.45, 2.75) is 12.5 Å². The van der Waals surface area contributed by atoms with Crippen molar-refractivity contribution in [1.82, 2.24) is 14.9 Å². The summed E-state index contributed by atoms with van der Waals surface area (Å²) < 4.78 is 4.70. The molecule has 1 aromatic heterocycles. The summed E-state index contributed by atoms with van der Waals surface area (Å²) in [6, 6.07) is 13.4. The van der Waals surface area contributed by atoms with E-state index in [0.29, 0.717) is 29.2 Å². The van der Waals surface area contributed by atoms with Gasteiger partial charge in [0.05, 0.1) is 24.7 Å². The number of amides is 2. The standard InChI is InChI=1S/C21H19ClN4O3/c1-29-20(27)13-5-7-16(8-6-13)25-21(28)26-10-9-17-18(24-12-23-17)19(26)14-3-2-4-15(22)11-14/h2-8,11-12,19H,9-10H2,1H3,(H,23,24)(H,25,28). The fraction of sp³-hybridized carbons (Fsp3) is 0.190. The van der Waals surface area contributed by atoms with Gasteiger partial charge in [-0.2, -0.15) is 0 Å². The minimum Gasteiger partial charge on any atom is -0.465 e. The summed E-state index contributed by atoms with van der Waals surface area (Å²) >= 11 is 6.19. The van der Waals surface area contributed by atoms with E-state index in [4.69, 9.17) is 16.3 Å². The van der Waals surface area contributed by atoms with E-state index in [1.54, 1.807) is 41.6 Å². The molecule has 2 aromatic carbocycles. The Bertz CT molecular complexity index is 1050. The summed E-state index contributed by atoms with van der Waals surface area (Å²) in [5.74, 6) is -0.425. The van der Waals surface area contributed by atoms with Gasteiger partial charge in [0.15, 0.2) is 0 Å². The number of rotatable bonds is 3. The lowest BCUT2D eigenvalue weighted by Crippen LogP contribution is -2.43. The van der Waals surface area contributed by atoms with Gasteiger partial charge in [-0.1, -0.05) is 23.7 Å². The summed E-state index contributed by atoms with van der Waals surface area (Å²) in [5.41, 5.74) is 3.72. The minimum atomic E-state index is -0.425. The molecule has 4 rings (SSSR count). The van der Waals surface area contributed by atoms with Gasteiger partial charge in [0, 0.05) is 29.4 Å². The number of hydrogen-bond acceptors (Lipinski definition) is 4. The Hall–Kier alpha value is -3.32. The third-order valence-corrected chi connectivity index (χ3v) is 5.14. The average Bonchev–Trinajstić information content (AvgIpc) is 3.21. The van der Waals surface area contributed by atoms with Gasteiger partial charge in [0.25, 0.3) is 0 Å². The van der Waals surface area contributed by atoms with Gasteiger partial charge < -0.3 is 19.9 Å². The molecule has 1 unspecified atom stereocenters. The zero-order valence-corrected chi connectivity index (χ0v) is 16.4. The molecule has 0 fully saturated rings. The highest BCUT2D eigenvalue weighted by atomic mass is 35.5. The molecule has 0 saturated heterocycles. The number of halogens is 1. The highest BCUT2D eigenvalue weighted by Gasteiger charge is 2.34. The predicted octanol–water partition coefficient (Wildman–Crippen LogP) is 4.03. The van der Waals surface area contributed by atoms with Gasteiger partial charge in [-0.3, -0.25) is 0 Å². The molecule has 0 bridgehead atoms. The largest absolute Gasteiger partial charge is 0.465 e. The molecule has 2 heterocycles. The van der Waals surface area contributed by atoms with Gasteiger partial charge in [0.2, 0.25) is 0 Å². The summed E-state index contributed by atoms with van der Waals surface area (Å²) in [5, 5.41) is 3.50. The van der Waals surface area contributed by atoms with Crippen molar-refractivity contribution in [3.63, 3.8) is 0 Å². The van der Waals surface area contributed by atoms with Gasteiger partial charge >= 0.3 is 12.0 Å². The van der Waals surface area contributed by atoms with E-state index in [0.717, 1.165) is 17.0 Å². The monoisotopic (exact) mass is 410 g/mol. The third kappa shape index (κ3) is 3.82. The fourth-order valence-corrected chi connectivity index (χ4v) is 3.71. The van der Waals surface area contributed by atoms with E-state index in [-0.39, 0.29) is 12.1 Å². The smallest absolute Gasteiger partial charge is 0.337 e. The lowest BCUT2D eigenvalue weighted by molar-refractivity contribution is 0.0600. The maximum Gasteiger partial charge on any atom is 0.337 e. The molecule has 1 atom stereocenters.